The molecule has 0 aliphatic rings. The van der Waals surface area contributed by atoms with Gasteiger partial charge < -0.3 is 9.73 Å². The van der Waals surface area contributed by atoms with Crippen LogP contribution in [0.3, 0.4) is 0 Å². The van der Waals surface area contributed by atoms with E-state index in [0.29, 0.717) is 22.7 Å². The molecule has 7 heteroatoms. The summed E-state index contributed by atoms with van der Waals surface area (Å²) in [6.07, 6.45) is 0. The van der Waals surface area contributed by atoms with Gasteiger partial charge in [-0.05, 0) is 47.2 Å². The predicted molar refractivity (Wildman–Crippen MR) is 76.4 cm³/mol. The average molecular weight is 345 g/mol. The molecule has 0 unspecified atom stereocenters. The first-order valence-electron chi connectivity index (χ1n) is 5.53. The van der Waals surface area contributed by atoms with Gasteiger partial charge in [0.2, 0.25) is 10.0 Å². The van der Waals surface area contributed by atoms with Gasteiger partial charge >= 0.3 is 0 Å². The van der Waals surface area contributed by atoms with Crippen LogP contribution in [0.5, 0.6) is 0 Å². The third-order valence-corrected chi connectivity index (χ3v) is 4.43. The van der Waals surface area contributed by atoms with E-state index in [2.05, 4.69) is 26.0 Å². The molecule has 0 saturated carbocycles. The molecule has 1 aromatic heterocycles. The highest BCUT2D eigenvalue weighted by atomic mass is 79.9. The molecule has 0 saturated heterocycles. The van der Waals surface area contributed by atoms with Gasteiger partial charge in [-0.1, -0.05) is 12.1 Å². The van der Waals surface area contributed by atoms with E-state index in [1.807, 2.05) is 6.07 Å². The van der Waals surface area contributed by atoms with Crippen molar-refractivity contribution in [3.8, 4) is 0 Å². The molecule has 0 fully saturated rings. The van der Waals surface area contributed by atoms with Crippen molar-refractivity contribution in [3.05, 3.63) is 46.8 Å². The molecule has 0 atom stereocenters. The summed E-state index contributed by atoms with van der Waals surface area (Å²) >= 11 is 3.22. The molecule has 0 spiro atoms. The maximum atomic E-state index is 11.9. The van der Waals surface area contributed by atoms with E-state index in [1.165, 1.54) is 7.05 Å². The predicted octanol–water partition coefficient (Wildman–Crippen LogP) is 2.56. The second-order valence-electron chi connectivity index (χ2n) is 3.76. The zero-order valence-electron chi connectivity index (χ0n) is 10.2. The Morgan fingerprint density at radius 2 is 1.95 bits per heavy atom. The first-order chi connectivity index (χ1) is 9.03. The average Bonchev–Trinajstić information content (AvgIpc) is 2.82. The summed E-state index contributed by atoms with van der Waals surface area (Å²) < 4.78 is 32.0. The zero-order chi connectivity index (χ0) is 13.9. The van der Waals surface area contributed by atoms with Crippen LogP contribution in [-0.2, 0) is 16.6 Å². The van der Waals surface area contributed by atoms with Gasteiger partial charge in [-0.3, -0.25) is 0 Å². The normalized spacial score (nSPS) is 11.5. The maximum Gasteiger partial charge on any atom is 0.242 e. The molecular formula is C12H13BrN2O3S. The van der Waals surface area contributed by atoms with Gasteiger partial charge in [-0.25, -0.2) is 13.1 Å². The second-order valence-corrected chi connectivity index (χ2v) is 6.40. The lowest BCUT2D eigenvalue weighted by Crippen LogP contribution is -2.20. The minimum Gasteiger partial charge on any atom is -0.452 e. The topological polar surface area (TPSA) is 71.3 Å². The number of nitrogens with one attached hydrogen (secondary N) is 2. The smallest absolute Gasteiger partial charge is 0.242 e. The third-order valence-electron chi connectivity index (χ3n) is 2.53. The lowest BCUT2D eigenvalue weighted by Gasteiger charge is -2.10. The maximum absolute atomic E-state index is 11.9. The molecule has 19 heavy (non-hydrogen) atoms. The number of anilines is 1. The fourth-order valence-corrected chi connectivity index (χ4v) is 2.83. The molecular weight excluding hydrogens is 332 g/mol. The van der Waals surface area contributed by atoms with Crippen molar-refractivity contribution in [2.75, 3.05) is 12.4 Å². The number of hydrogen-bond acceptors (Lipinski definition) is 4. The summed E-state index contributed by atoms with van der Waals surface area (Å²) in [5.74, 6) is 0.712. The molecule has 102 valence electrons. The SMILES string of the molecule is CNS(=O)(=O)c1ccccc1NCc1ccc(Br)o1. The Kier molecular flexibility index (Phi) is 4.28. The summed E-state index contributed by atoms with van der Waals surface area (Å²) in [6, 6.07) is 10.3. The first kappa shape index (κ1) is 14.1. The summed E-state index contributed by atoms with van der Waals surface area (Å²) in [7, 11) is -2.10. The van der Waals surface area contributed by atoms with Gasteiger partial charge in [0.15, 0.2) is 4.67 Å². The van der Waals surface area contributed by atoms with E-state index in [1.54, 1.807) is 30.3 Å². The van der Waals surface area contributed by atoms with Crippen LogP contribution in [-0.4, -0.2) is 15.5 Å². The van der Waals surface area contributed by atoms with Gasteiger partial charge in [-0.2, -0.15) is 0 Å². The monoisotopic (exact) mass is 344 g/mol. The van der Waals surface area contributed by atoms with Crippen LogP contribution in [0.1, 0.15) is 5.76 Å². The molecule has 2 aromatic rings. The highest BCUT2D eigenvalue weighted by Gasteiger charge is 2.15. The van der Waals surface area contributed by atoms with E-state index in [9.17, 15) is 8.42 Å². The van der Waals surface area contributed by atoms with Crippen LogP contribution in [0.15, 0.2) is 50.4 Å². The van der Waals surface area contributed by atoms with Gasteiger partial charge in [0.05, 0.1) is 12.2 Å². The highest BCUT2D eigenvalue weighted by molar-refractivity contribution is 9.10. The fraction of sp³-hybridized carbons (Fsp3) is 0.167. The Morgan fingerprint density at radius 3 is 2.58 bits per heavy atom. The molecule has 1 aromatic carbocycles. The standard InChI is InChI=1S/C12H13BrN2O3S/c1-14-19(16,17)11-5-3-2-4-10(11)15-8-9-6-7-12(13)18-9/h2-7,14-15H,8H2,1H3. The lowest BCUT2D eigenvalue weighted by molar-refractivity contribution is 0.495. The first-order valence-corrected chi connectivity index (χ1v) is 7.81. The summed E-state index contributed by atoms with van der Waals surface area (Å²) in [5.41, 5.74) is 0.532. The molecule has 0 radical (unpaired) electrons. The Balaban J connectivity index is 2.21. The molecule has 0 amide bonds. The Morgan fingerprint density at radius 1 is 1.21 bits per heavy atom. The lowest BCUT2D eigenvalue weighted by atomic mass is 10.3. The van der Waals surface area contributed by atoms with Crippen molar-refractivity contribution in [1.82, 2.24) is 4.72 Å². The van der Waals surface area contributed by atoms with E-state index in [0.717, 1.165) is 0 Å². The van der Waals surface area contributed by atoms with Crippen molar-refractivity contribution in [2.45, 2.75) is 11.4 Å². The van der Waals surface area contributed by atoms with E-state index < -0.39 is 10.0 Å². The zero-order valence-corrected chi connectivity index (χ0v) is 12.6. The van der Waals surface area contributed by atoms with Crippen LogP contribution in [0.2, 0.25) is 0 Å². The van der Waals surface area contributed by atoms with Gasteiger partial charge in [0.1, 0.15) is 10.7 Å². The number of benzene rings is 1. The van der Waals surface area contributed by atoms with E-state index in [4.69, 9.17) is 4.42 Å². The van der Waals surface area contributed by atoms with Crippen LogP contribution >= 0.6 is 15.9 Å². The molecule has 1 heterocycles. The van der Waals surface area contributed by atoms with Crippen LogP contribution in [0.25, 0.3) is 0 Å². The summed E-state index contributed by atoms with van der Waals surface area (Å²) in [6.45, 7) is 0.405. The number of hydrogen-bond donors (Lipinski definition) is 2. The van der Waals surface area contributed by atoms with Crippen LogP contribution in [0, 0.1) is 0 Å². The largest absolute Gasteiger partial charge is 0.452 e. The van der Waals surface area contributed by atoms with Crippen molar-refractivity contribution >= 4 is 31.6 Å². The quantitative estimate of drug-likeness (QED) is 0.874. The van der Waals surface area contributed by atoms with E-state index >= 15 is 0 Å². The van der Waals surface area contributed by atoms with Crippen LogP contribution in [0.4, 0.5) is 5.69 Å². The summed E-state index contributed by atoms with van der Waals surface area (Å²) in [4.78, 5) is 0.211. The number of halogens is 1. The minimum atomic E-state index is -3.48. The van der Waals surface area contributed by atoms with Gasteiger partial charge in [0, 0.05) is 0 Å². The number of furan rings is 1. The molecule has 2 rings (SSSR count). The van der Waals surface area contributed by atoms with Crippen molar-refractivity contribution in [3.63, 3.8) is 0 Å². The van der Waals surface area contributed by atoms with Crippen molar-refractivity contribution in [2.24, 2.45) is 0 Å². The van der Waals surface area contributed by atoms with E-state index in [-0.39, 0.29) is 4.90 Å². The minimum absolute atomic E-state index is 0.211. The Hall–Kier alpha value is -1.31. The second kappa shape index (κ2) is 5.77. The van der Waals surface area contributed by atoms with Gasteiger partial charge in [0.25, 0.3) is 0 Å². The molecule has 2 N–H and O–H groups in total. The van der Waals surface area contributed by atoms with Gasteiger partial charge in [-0.15, -0.1) is 0 Å². The number of rotatable bonds is 5. The van der Waals surface area contributed by atoms with Crippen molar-refractivity contribution in [1.29, 1.82) is 0 Å². The number of sulfonamides is 1. The highest BCUT2D eigenvalue weighted by Crippen LogP contribution is 2.22. The molecule has 0 bridgehead atoms. The van der Waals surface area contributed by atoms with Crippen LogP contribution < -0.4 is 10.0 Å². The molecule has 0 aliphatic carbocycles. The van der Waals surface area contributed by atoms with Crippen molar-refractivity contribution < 1.29 is 12.8 Å². The number of para-hydroxylation sites is 1. The molecule has 0 aliphatic heterocycles. The fourth-order valence-electron chi connectivity index (χ4n) is 1.59. The molecule has 5 nitrogen and oxygen atoms in total. The Labute approximate surface area is 120 Å². The summed E-state index contributed by atoms with van der Waals surface area (Å²) in [5, 5.41) is 3.05. The Bertz CT molecular complexity index is 667. The third kappa shape index (κ3) is 3.37.